The first kappa shape index (κ1) is 19.7. The van der Waals surface area contributed by atoms with E-state index in [1.807, 2.05) is 0 Å². The molecule has 1 aromatic rings. The summed E-state index contributed by atoms with van der Waals surface area (Å²) in [4.78, 5) is 27.4. The fourth-order valence-corrected chi connectivity index (χ4v) is 4.17. The quantitative estimate of drug-likeness (QED) is 0.630. The Bertz CT molecular complexity index is 640. The van der Waals surface area contributed by atoms with Gasteiger partial charge in [-0.25, -0.2) is 4.79 Å². The molecule has 1 saturated carbocycles. The zero-order valence-electron chi connectivity index (χ0n) is 16.1. The molecule has 27 heavy (non-hydrogen) atoms. The van der Waals surface area contributed by atoms with Gasteiger partial charge in [-0.05, 0) is 50.5 Å². The van der Waals surface area contributed by atoms with Crippen molar-refractivity contribution in [2.45, 2.75) is 57.6 Å². The number of nitrogen functional groups attached to an aromatic ring is 1. The summed E-state index contributed by atoms with van der Waals surface area (Å²) in [5.74, 6) is -1.12. The third-order valence-corrected chi connectivity index (χ3v) is 5.67. The van der Waals surface area contributed by atoms with E-state index >= 15 is 0 Å². The molecule has 6 heteroatoms. The van der Waals surface area contributed by atoms with E-state index in [0.717, 1.165) is 6.54 Å². The minimum absolute atomic E-state index is 0.270. The van der Waals surface area contributed by atoms with Crippen LogP contribution in [0.25, 0.3) is 0 Å². The van der Waals surface area contributed by atoms with Crippen molar-refractivity contribution in [3.63, 3.8) is 0 Å². The number of hydrogen-bond donors (Lipinski definition) is 1. The lowest BCUT2D eigenvalue weighted by atomic mass is 9.88. The molecule has 2 unspecified atom stereocenters. The molecule has 3 rings (SSSR count). The van der Waals surface area contributed by atoms with Crippen molar-refractivity contribution in [2.75, 3.05) is 25.4 Å². The first-order chi connectivity index (χ1) is 13.1. The summed E-state index contributed by atoms with van der Waals surface area (Å²) in [6, 6.07) is 7.17. The summed E-state index contributed by atoms with van der Waals surface area (Å²) in [6.45, 7) is 3.58. The van der Waals surface area contributed by atoms with Gasteiger partial charge in [0.1, 0.15) is 12.0 Å². The van der Waals surface area contributed by atoms with Gasteiger partial charge >= 0.3 is 11.9 Å². The molecule has 0 bridgehead atoms. The number of benzene rings is 1. The number of anilines is 1. The van der Waals surface area contributed by atoms with Gasteiger partial charge in [-0.3, -0.25) is 9.69 Å². The summed E-state index contributed by atoms with van der Waals surface area (Å²) in [5, 5.41) is 0. The van der Waals surface area contributed by atoms with Crippen LogP contribution in [0.15, 0.2) is 24.3 Å². The Morgan fingerprint density at radius 3 is 2.48 bits per heavy atom. The van der Waals surface area contributed by atoms with Crippen LogP contribution in [0.3, 0.4) is 0 Å². The molecule has 0 spiro atoms. The number of esters is 2. The summed E-state index contributed by atoms with van der Waals surface area (Å²) in [5.41, 5.74) is 6.71. The Morgan fingerprint density at radius 1 is 1.11 bits per heavy atom. The largest absolute Gasteiger partial charge is 0.466 e. The molecule has 0 aromatic heterocycles. The molecule has 2 fully saturated rings. The highest BCUT2D eigenvalue weighted by Gasteiger charge is 2.40. The van der Waals surface area contributed by atoms with Crippen LogP contribution in [-0.2, 0) is 14.3 Å². The number of rotatable bonds is 5. The molecule has 1 aromatic carbocycles. The van der Waals surface area contributed by atoms with E-state index in [9.17, 15) is 9.59 Å². The maximum Gasteiger partial charge on any atom is 0.338 e. The Kier molecular flexibility index (Phi) is 6.72. The number of piperidine rings is 1. The number of ether oxygens (including phenoxy) is 2. The highest BCUT2D eigenvalue weighted by molar-refractivity contribution is 5.90. The lowest BCUT2D eigenvalue weighted by Crippen LogP contribution is -2.52. The Balaban J connectivity index is 1.68. The molecule has 2 N–H and O–H groups in total. The highest BCUT2D eigenvalue weighted by atomic mass is 16.6. The maximum atomic E-state index is 12.5. The molecule has 2 atom stereocenters. The lowest BCUT2D eigenvalue weighted by molar-refractivity contribution is -0.156. The van der Waals surface area contributed by atoms with Gasteiger partial charge in [0.25, 0.3) is 0 Å². The van der Waals surface area contributed by atoms with Crippen molar-refractivity contribution in [3.05, 3.63) is 29.8 Å². The summed E-state index contributed by atoms with van der Waals surface area (Å²) >= 11 is 0. The number of nitrogens with two attached hydrogens (primary N) is 1. The van der Waals surface area contributed by atoms with E-state index in [-0.39, 0.29) is 5.97 Å². The molecule has 1 saturated heterocycles. The van der Waals surface area contributed by atoms with Crippen molar-refractivity contribution in [1.29, 1.82) is 0 Å². The van der Waals surface area contributed by atoms with Crippen molar-refractivity contribution in [2.24, 2.45) is 5.92 Å². The zero-order valence-corrected chi connectivity index (χ0v) is 16.1. The average Bonchev–Trinajstić information content (AvgIpc) is 2.69. The van der Waals surface area contributed by atoms with Gasteiger partial charge in [-0.1, -0.05) is 19.3 Å². The predicted octanol–water partition coefficient (Wildman–Crippen LogP) is 3.01. The summed E-state index contributed by atoms with van der Waals surface area (Å²) in [6.07, 6.45) is 6.38. The van der Waals surface area contributed by atoms with Crippen molar-refractivity contribution >= 4 is 17.6 Å². The molecule has 1 aliphatic heterocycles. The van der Waals surface area contributed by atoms with Gasteiger partial charge in [-0.2, -0.15) is 0 Å². The predicted molar refractivity (Wildman–Crippen MR) is 103 cm³/mol. The van der Waals surface area contributed by atoms with Crippen LogP contribution >= 0.6 is 0 Å². The van der Waals surface area contributed by atoms with Gasteiger partial charge in [0.05, 0.1) is 12.2 Å². The van der Waals surface area contributed by atoms with Crippen LogP contribution in [0.4, 0.5) is 5.69 Å². The van der Waals surface area contributed by atoms with E-state index in [1.165, 1.54) is 32.1 Å². The average molecular weight is 374 g/mol. The normalized spacial score (nSPS) is 24.3. The summed E-state index contributed by atoms with van der Waals surface area (Å²) < 4.78 is 11.0. The third kappa shape index (κ3) is 5.01. The van der Waals surface area contributed by atoms with Crippen LogP contribution in [0.2, 0.25) is 0 Å². The van der Waals surface area contributed by atoms with Gasteiger partial charge < -0.3 is 15.2 Å². The molecule has 148 valence electrons. The van der Waals surface area contributed by atoms with E-state index in [0.29, 0.717) is 36.9 Å². The lowest BCUT2D eigenvalue weighted by Gasteiger charge is -2.42. The van der Waals surface area contributed by atoms with Crippen LogP contribution in [-0.4, -0.2) is 48.7 Å². The topological polar surface area (TPSA) is 81.9 Å². The van der Waals surface area contributed by atoms with Gasteiger partial charge in [-0.15, -0.1) is 0 Å². The fourth-order valence-electron chi connectivity index (χ4n) is 4.17. The smallest absolute Gasteiger partial charge is 0.338 e. The van der Waals surface area contributed by atoms with Gasteiger partial charge in [0, 0.05) is 24.8 Å². The number of hydrogen-bond acceptors (Lipinski definition) is 6. The Labute approximate surface area is 161 Å². The third-order valence-electron chi connectivity index (χ3n) is 5.67. The fraction of sp³-hybridized carbons (Fsp3) is 0.619. The van der Waals surface area contributed by atoms with Gasteiger partial charge in [0.15, 0.2) is 0 Å². The molecule has 0 amide bonds. The molecular formula is C21H30N2O4. The van der Waals surface area contributed by atoms with Crippen molar-refractivity contribution in [3.8, 4) is 0 Å². The van der Waals surface area contributed by atoms with Crippen molar-refractivity contribution in [1.82, 2.24) is 4.90 Å². The minimum Gasteiger partial charge on any atom is -0.466 e. The SMILES string of the molecule is CCOC(=O)C1CN(C2CCCCC2)CCC1OC(=O)c1ccc(N)cc1. The number of nitrogens with zero attached hydrogens (tertiary/aromatic N) is 1. The molecule has 2 aliphatic rings. The van der Waals surface area contributed by atoms with E-state index < -0.39 is 18.0 Å². The first-order valence-electron chi connectivity index (χ1n) is 10.1. The number of carbonyl (C=O) groups excluding carboxylic acids is 2. The Morgan fingerprint density at radius 2 is 1.81 bits per heavy atom. The minimum atomic E-state index is -0.450. The van der Waals surface area contributed by atoms with Crippen LogP contribution < -0.4 is 5.73 Å². The van der Waals surface area contributed by atoms with Crippen molar-refractivity contribution < 1.29 is 19.1 Å². The second-order valence-electron chi connectivity index (χ2n) is 7.50. The number of likely N-dealkylation sites (tertiary alicyclic amines) is 1. The standard InChI is InChI=1S/C21H30N2O4/c1-2-26-21(25)18-14-23(17-6-4-3-5-7-17)13-12-19(18)27-20(24)15-8-10-16(22)11-9-15/h8-11,17-19H,2-7,12-14,22H2,1H3. The highest BCUT2D eigenvalue weighted by Crippen LogP contribution is 2.29. The molecule has 6 nitrogen and oxygen atoms in total. The maximum absolute atomic E-state index is 12.5. The van der Waals surface area contributed by atoms with E-state index in [1.54, 1.807) is 31.2 Å². The number of carbonyl (C=O) groups is 2. The molecular weight excluding hydrogens is 344 g/mol. The Hall–Kier alpha value is -2.08. The monoisotopic (exact) mass is 374 g/mol. The second-order valence-corrected chi connectivity index (χ2v) is 7.50. The van der Waals surface area contributed by atoms with Crippen LogP contribution in [0, 0.1) is 5.92 Å². The van der Waals surface area contributed by atoms with Crippen LogP contribution in [0.5, 0.6) is 0 Å². The molecule has 0 radical (unpaired) electrons. The van der Waals surface area contributed by atoms with Crippen LogP contribution in [0.1, 0.15) is 55.8 Å². The van der Waals surface area contributed by atoms with E-state index in [4.69, 9.17) is 15.2 Å². The van der Waals surface area contributed by atoms with E-state index in [2.05, 4.69) is 4.90 Å². The zero-order chi connectivity index (χ0) is 19.2. The summed E-state index contributed by atoms with van der Waals surface area (Å²) in [7, 11) is 0. The molecule has 1 heterocycles. The molecule has 1 aliphatic carbocycles. The second kappa shape index (κ2) is 9.22. The first-order valence-corrected chi connectivity index (χ1v) is 10.1. The van der Waals surface area contributed by atoms with Gasteiger partial charge in [0.2, 0.25) is 0 Å².